The first-order valence-corrected chi connectivity index (χ1v) is 12.3. The van der Waals surface area contributed by atoms with Crippen LogP contribution in [0.2, 0.25) is 5.02 Å². The quantitative estimate of drug-likeness (QED) is 0.445. The van der Waals surface area contributed by atoms with E-state index in [1.165, 1.54) is 11.4 Å². The molecular weight excluding hydrogens is 440 g/mol. The Bertz CT molecular complexity index is 885. The monoisotopic (exact) mass is 472 g/mol. The number of carbonyl (C=O) groups is 2. The number of piperidine rings is 1. The average molecular weight is 473 g/mol. The maximum absolute atomic E-state index is 13.2. The van der Waals surface area contributed by atoms with Crippen LogP contribution in [0.4, 0.5) is 0 Å². The van der Waals surface area contributed by atoms with Crippen LogP contribution in [-0.4, -0.2) is 60.6 Å². The van der Waals surface area contributed by atoms with Crippen molar-refractivity contribution < 1.29 is 22.7 Å². The van der Waals surface area contributed by atoms with Gasteiger partial charge in [0.25, 0.3) is 10.2 Å². The highest BCUT2D eigenvalue weighted by atomic mass is 35.5. The van der Waals surface area contributed by atoms with Crippen molar-refractivity contribution in [2.24, 2.45) is 11.8 Å². The fourth-order valence-electron chi connectivity index (χ4n) is 3.73. The van der Waals surface area contributed by atoms with Crippen LogP contribution in [0.15, 0.2) is 24.3 Å². The fourth-order valence-corrected chi connectivity index (χ4v) is 5.51. The van der Waals surface area contributed by atoms with E-state index in [-0.39, 0.29) is 30.7 Å². The molecule has 0 unspecified atom stereocenters. The summed E-state index contributed by atoms with van der Waals surface area (Å²) in [6.45, 7) is 9.26. The number of halogens is 1. The molecule has 1 fully saturated rings. The second-order valence-corrected chi connectivity index (χ2v) is 11.7. The Balaban J connectivity index is 2.09. The summed E-state index contributed by atoms with van der Waals surface area (Å²) in [5.74, 6) is -1.08. The lowest BCUT2D eigenvalue weighted by Crippen LogP contribution is -2.54. The number of rotatable bonds is 7. The third-order valence-electron chi connectivity index (χ3n) is 5.32. The minimum absolute atomic E-state index is 0.00381. The van der Waals surface area contributed by atoms with E-state index in [0.717, 1.165) is 4.31 Å². The third-order valence-corrected chi connectivity index (χ3v) is 7.54. The van der Waals surface area contributed by atoms with E-state index in [0.29, 0.717) is 23.4 Å². The first-order valence-electron chi connectivity index (χ1n) is 10.5. The molecular formula is C22H33ClN2O5S. The van der Waals surface area contributed by atoms with Gasteiger partial charge in [0.15, 0.2) is 5.78 Å². The summed E-state index contributed by atoms with van der Waals surface area (Å²) < 4.78 is 34.4. The summed E-state index contributed by atoms with van der Waals surface area (Å²) in [5, 5.41) is 0.560. The molecule has 1 aromatic rings. The van der Waals surface area contributed by atoms with E-state index in [2.05, 4.69) is 0 Å². The molecule has 1 aliphatic rings. The summed E-state index contributed by atoms with van der Waals surface area (Å²) in [4.78, 5) is 25.4. The van der Waals surface area contributed by atoms with Crippen molar-refractivity contribution in [2.45, 2.75) is 59.1 Å². The smallest absolute Gasteiger partial charge is 0.325 e. The van der Waals surface area contributed by atoms with Gasteiger partial charge in [0, 0.05) is 36.6 Å². The number of ether oxygens (including phenoxy) is 1. The number of nitrogens with zero attached hydrogens (tertiary/aromatic N) is 2. The van der Waals surface area contributed by atoms with Gasteiger partial charge in [-0.25, -0.2) is 0 Å². The highest BCUT2D eigenvalue weighted by Gasteiger charge is 2.41. The summed E-state index contributed by atoms with van der Waals surface area (Å²) in [7, 11) is -2.48. The molecule has 9 heteroatoms. The number of hydrogen-bond donors (Lipinski definition) is 0. The molecule has 1 saturated heterocycles. The van der Waals surface area contributed by atoms with Crippen molar-refractivity contribution in [1.29, 1.82) is 0 Å². The van der Waals surface area contributed by atoms with Crippen LogP contribution < -0.4 is 0 Å². The Morgan fingerprint density at radius 3 is 2.10 bits per heavy atom. The third kappa shape index (κ3) is 6.51. The number of ketones is 1. The van der Waals surface area contributed by atoms with Gasteiger partial charge in [0.2, 0.25) is 0 Å². The molecule has 0 radical (unpaired) electrons. The second kappa shape index (κ2) is 9.98. The van der Waals surface area contributed by atoms with Crippen LogP contribution in [0.3, 0.4) is 0 Å². The summed E-state index contributed by atoms with van der Waals surface area (Å²) >= 11 is 5.88. The zero-order valence-corrected chi connectivity index (χ0v) is 20.7. The van der Waals surface area contributed by atoms with E-state index in [9.17, 15) is 18.0 Å². The second-order valence-electron chi connectivity index (χ2n) is 9.29. The van der Waals surface area contributed by atoms with Gasteiger partial charge < -0.3 is 4.74 Å². The molecule has 0 saturated carbocycles. The van der Waals surface area contributed by atoms with Crippen LogP contribution >= 0.6 is 11.6 Å². The Labute approximate surface area is 190 Å². The predicted octanol–water partition coefficient (Wildman–Crippen LogP) is 3.78. The largest absolute Gasteiger partial charge is 0.459 e. The van der Waals surface area contributed by atoms with Crippen LogP contribution in [0.1, 0.15) is 57.8 Å². The number of likely N-dealkylation sites (N-methyl/N-ethyl adjacent to an activating group) is 1. The van der Waals surface area contributed by atoms with Crippen molar-refractivity contribution in [2.75, 3.05) is 20.1 Å². The molecule has 0 aromatic heterocycles. The van der Waals surface area contributed by atoms with Crippen LogP contribution in [0.5, 0.6) is 0 Å². The molecule has 174 valence electrons. The first-order chi connectivity index (χ1) is 14.2. The minimum atomic E-state index is -3.89. The van der Waals surface area contributed by atoms with Crippen molar-refractivity contribution >= 4 is 33.6 Å². The molecule has 0 bridgehead atoms. The normalized spacial score (nSPS) is 17.7. The number of hydrogen-bond acceptors (Lipinski definition) is 5. The van der Waals surface area contributed by atoms with E-state index in [1.54, 1.807) is 58.9 Å². The van der Waals surface area contributed by atoms with Gasteiger partial charge in [-0.15, -0.1) is 0 Å². The van der Waals surface area contributed by atoms with E-state index in [1.807, 2.05) is 0 Å². The average Bonchev–Trinajstić information content (AvgIpc) is 2.66. The highest BCUT2D eigenvalue weighted by Crippen LogP contribution is 2.27. The lowest BCUT2D eigenvalue weighted by atomic mass is 9.90. The maximum Gasteiger partial charge on any atom is 0.325 e. The maximum atomic E-state index is 13.2. The van der Waals surface area contributed by atoms with Crippen molar-refractivity contribution in [1.82, 2.24) is 8.61 Å². The number of esters is 1. The van der Waals surface area contributed by atoms with Crippen molar-refractivity contribution in [3.05, 3.63) is 34.9 Å². The Hall–Kier alpha value is -1.48. The number of benzene rings is 1. The van der Waals surface area contributed by atoms with Gasteiger partial charge in [-0.05, 0) is 63.8 Å². The number of carbonyl (C=O) groups excluding carboxylic acids is 2. The van der Waals surface area contributed by atoms with Crippen LogP contribution in [0.25, 0.3) is 0 Å². The summed E-state index contributed by atoms with van der Waals surface area (Å²) in [5.41, 5.74) is -0.137. The molecule has 1 aromatic carbocycles. The van der Waals surface area contributed by atoms with Gasteiger partial charge in [0.1, 0.15) is 11.6 Å². The SMILES string of the molecule is CC(C)[C@H](C(=O)OC(C)(C)C)N(C)S(=O)(=O)N1CCC(C(=O)c2ccc(Cl)cc2)CC1. The van der Waals surface area contributed by atoms with Crippen LogP contribution in [-0.2, 0) is 19.7 Å². The zero-order valence-electron chi connectivity index (χ0n) is 19.1. The predicted molar refractivity (Wildman–Crippen MR) is 121 cm³/mol. The van der Waals surface area contributed by atoms with E-state index in [4.69, 9.17) is 16.3 Å². The van der Waals surface area contributed by atoms with E-state index >= 15 is 0 Å². The topological polar surface area (TPSA) is 84.0 Å². The van der Waals surface area contributed by atoms with Gasteiger partial charge in [-0.2, -0.15) is 17.0 Å². The summed E-state index contributed by atoms with van der Waals surface area (Å²) in [6.07, 6.45) is 0.848. The van der Waals surface area contributed by atoms with Gasteiger partial charge in [-0.3, -0.25) is 9.59 Å². The molecule has 2 rings (SSSR count). The first kappa shape index (κ1) is 25.8. The molecule has 0 N–H and O–H groups in total. The molecule has 1 aliphatic heterocycles. The zero-order chi connectivity index (χ0) is 23.6. The molecule has 0 aliphatic carbocycles. The molecule has 1 atom stereocenters. The molecule has 0 spiro atoms. The fraction of sp³-hybridized carbons (Fsp3) is 0.636. The number of Topliss-reactive ketones (excluding diaryl/α,β-unsaturated/α-hetero) is 1. The van der Waals surface area contributed by atoms with Gasteiger partial charge in [-0.1, -0.05) is 25.4 Å². The summed E-state index contributed by atoms with van der Waals surface area (Å²) in [6, 6.07) is 5.79. The standard InChI is InChI=1S/C22H33ClN2O5S/c1-15(2)19(21(27)30-22(3,4)5)24(6)31(28,29)25-13-11-17(12-14-25)20(26)16-7-9-18(23)10-8-16/h7-10,15,17,19H,11-14H2,1-6H3/t19-/m1/s1. The molecule has 7 nitrogen and oxygen atoms in total. The molecule has 31 heavy (non-hydrogen) atoms. The van der Waals surface area contributed by atoms with Crippen LogP contribution in [0, 0.1) is 11.8 Å². The van der Waals surface area contributed by atoms with E-state index < -0.39 is 27.8 Å². The molecule has 1 heterocycles. The Morgan fingerprint density at radius 2 is 1.65 bits per heavy atom. The lowest BCUT2D eigenvalue weighted by Gasteiger charge is -2.37. The minimum Gasteiger partial charge on any atom is -0.459 e. The highest BCUT2D eigenvalue weighted by molar-refractivity contribution is 7.86. The Kier molecular flexibility index (Phi) is 8.30. The van der Waals surface area contributed by atoms with Gasteiger partial charge in [0.05, 0.1) is 0 Å². The van der Waals surface area contributed by atoms with Crippen molar-refractivity contribution in [3.63, 3.8) is 0 Å². The van der Waals surface area contributed by atoms with Gasteiger partial charge >= 0.3 is 5.97 Å². The molecule has 0 amide bonds. The van der Waals surface area contributed by atoms with Crippen molar-refractivity contribution in [3.8, 4) is 0 Å². The lowest BCUT2D eigenvalue weighted by molar-refractivity contribution is -0.160. The Morgan fingerprint density at radius 1 is 1.13 bits per heavy atom.